The van der Waals surface area contributed by atoms with Crippen LogP contribution in [0.5, 0.6) is 0 Å². The maximum absolute atomic E-state index is 14.6. The Bertz CT molecular complexity index is 1140. The van der Waals surface area contributed by atoms with Gasteiger partial charge in [0.25, 0.3) is 0 Å². The highest BCUT2D eigenvalue weighted by Gasteiger charge is 2.35. The molecule has 1 unspecified atom stereocenters. The van der Waals surface area contributed by atoms with Gasteiger partial charge in [-0.1, -0.05) is 12.1 Å². The Balaban J connectivity index is 1.46. The van der Waals surface area contributed by atoms with E-state index >= 15 is 0 Å². The summed E-state index contributed by atoms with van der Waals surface area (Å²) in [5, 5.41) is 5.61. The molecule has 4 rings (SSSR count). The number of nitrogens with one attached hydrogen (secondary N) is 2. The highest BCUT2D eigenvalue weighted by molar-refractivity contribution is 5.92. The number of rotatable bonds is 5. The average molecular weight is 451 g/mol. The fourth-order valence-corrected chi connectivity index (χ4v) is 3.57. The smallest absolute Gasteiger partial charge is 0.324 e. The van der Waals surface area contributed by atoms with Crippen molar-refractivity contribution in [3.63, 3.8) is 0 Å². The molecule has 0 saturated carbocycles. The molecule has 0 bridgehead atoms. The lowest BCUT2D eigenvalue weighted by atomic mass is 10.1. The van der Waals surface area contributed by atoms with Gasteiger partial charge in [0.05, 0.1) is 35.6 Å². The Kier molecular flexibility index (Phi) is 5.92. The van der Waals surface area contributed by atoms with Gasteiger partial charge in [-0.15, -0.1) is 0 Å². The molecule has 0 radical (unpaired) electrons. The molecule has 168 valence electrons. The second-order valence-corrected chi connectivity index (χ2v) is 7.39. The van der Waals surface area contributed by atoms with Crippen LogP contribution in [0.3, 0.4) is 0 Å². The number of carbonyl (C=O) groups excluding carboxylic acids is 1. The van der Waals surface area contributed by atoms with E-state index < -0.39 is 41.3 Å². The molecule has 3 heterocycles. The van der Waals surface area contributed by atoms with Gasteiger partial charge in [-0.2, -0.15) is 13.2 Å². The summed E-state index contributed by atoms with van der Waals surface area (Å²) < 4.78 is 68.6. The van der Waals surface area contributed by atoms with Gasteiger partial charge in [0, 0.05) is 12.3 Å². The monoisotopic (exact) mass is 451 g/mol. The zero-order chi connectivity index (χ0) is 22.9. The van der Waals surface area contributed by atoms with Crippen LogP contribution in [0.1, 0.15) is 35.7 Å². The lowest BCUT2D eigenvalue weighted by Crippen LogP contribution is -2.17. The van der Waals surface area contributed by atoms with Crippen molar-refractivity contribution in [3.8, 4) is 5.82 Å². The number of hydrogen-bond acceptors (Lipinski definition) is 4. The first kappa shape index (κ1) is 21.9. The summed E-state index contributed by atoms with van der Waals surface area (Å²) >= 11 is 0. The number of anilines is 1. The van der Waals surface area contributed by atoms with Gasteiger partial charge in [-0.3, -0.25) is 9.36 Å². The van der Waals surface area contributed by atoms with Gasteiger partial charge < -0.3 is 10.6 Å². The minimum atomic E-state index is -4.87. The lowest BCUT2D eigenvalue weighted by molar-refractivity contribution is -0.140. The summed E-state index contributed by atoms with van der Waals surface area (Å²) in [7, 11) is 0. The fraction of sp³-hybridized carbons (Fsp3) is 0.286. The number of imidazole rings is 1. The van der Waals surface area contributed by atoms with E-state index in [2.05, 4.69) is 20.6 Å². The molecule has 0 spiro atoms. The molecule has 11 heteroatoms. The zero-order valence-electron chi connectivity index (χ0n) is 16.6. The number of nitrogens with zero attached hydrogens (tertiary/aromatic N) is 3. The van der Waals surface area contributed by atoms with Crippen molar-refractivity contribution in [2.45, 2.75) is 31.5 Å². The standard InChI is InChI=1S/C21H18F5N5O/c22-15-8-13(9-28-20(15)31-10-17(29-11-31)16-5-2-6-27-16)30-18(32)7-12-3-1-4-14(19(12)23)21(24,25)26/h1,3-4,8-11,16,27H,2,5-7H2,(H,30,32). The van der Waals surface area contributed by atoms with Crippen LogP contribution in [0, 0.1) is 11.6 Å². The van der Waals surface area contributed by atoms with Gasteiger partial charge in [-0.25, -0.2) is 18.7 Å². The molecule has 32 heavy (non-hydrogen) atoms. The molecule has 1 saturated heterocycles. The molecule has 2 aromatic heterocycles. The van der Waals surface area contributed by atoms with Gasteiger partial charge in [-0.05, 0) is 31.0 Å². The van der Waals surface area contributed by atoms with E-state index in [-0.39, 0.29) is 17.5 Å². The van der Waals surface area contributed by atoms with Crippen LogP contribution in [0.4, 0.5) is 27.6 Å². The second kappa shape index (κ2) is 8.65. The number of alkyl halides is 3. The molecule has 1 fully saturated rings. The molecular formula is C21H18F5N5O. The predicted octanol–water partition coefficient (Wildman–Crippen LogP) is 4.17. The molecule has 2 N–H and O–H groups in total. The van der Waals surface area contributed by atoms with Crippen LogP contribution in [-0.2, 0) is 17.4 Å². The topological polar surface area (TPSA) is 71.8 Å². The van der Waals surface area contributed by atoms with Crippen molar-refractivity contribution >= 4 is 11.6 Å². The SMILES string of the molecule is O=C(Cc1cccc(C(F)(F)F)c1F)Nc1cnc(-n2cnc(C3CCCN3)c2)c(F)c1. The van der Waals surface area contributed by atoms with E-state index in [4.69, 9.17) is 0 Å². The first-order valence-electron chi connectivity index (χ1n) is 9.80. The molecule has 1 aliphatic rings. The maximum Gasteiger partial charge on any atom is 0.419 e. The normalized spacial score (nSPS) is 16.3. The summed E-state index contributed by atoms with van der Waals surface area (Å²) in [6, 6.07) is 3.83. The second-order valence-electron chi connectivity index (χ2n) is 7.39. The van der Waals surface area contributed by atoms with Crippen molar-refractivity contribution in [2.24, 2.45) is 0 Å². The maximum atomic E-state index is 14.6. The molecule has 3 aromatic rings. The number of hydrogen-bond donors (Lipinski definition) is 2. The van der Waals surface area contributed by atoms with Crippen molar-refractivity contribution in [1.29, 1.82) is 0 Å². The first-order chi connectivity index (χ1) is 15.2. The van der Waals surface area contributed by atoms with Crippen LogP contribution in [0.25, 0.3) is 5.82 Å². The van der Waals surface area contributed by atoms with Crippen molar-refractivity contribution < 1.29 is 26.7 Å². The third-order valence-corrected chi connectivity index (χ3v) is 5.11. The fourth-order valence-electron chi connectivity index (χ4n) is 3.57. The number of halogens is 5. The van der Waals surface area contributed by atoms with Crippen LogP contribution >= 0.6 is 0 Å². The summed E-state index contributed by atoms with van der Waals surface area (Å²) in [5.41, 5.74) is -1.12. The summed E-state index contributed by atoms with van der Waals surface area (Å²) in [4.78, 5) is 20.5. The number of pyridine rings is 1. The Morgan fingerprint density at radius 3 is 2.75 bits per heavy atom. The molecule has 6 nitrogen and oxygen atoms in total. The molecule has 1 amide bonds. The highest BCUT2D eigenvalue weighted by atomic mass is 19.4. The molecule has 0 aliphatic carbocycles. The lowest BCUT2D eigenvalue weighted by Gasteiger charge is -2.11. The minimum Gasteiger partial charge on any atom is -0.324 e. The summed E-state index contributed by atoms with van der Waals surface area (Å²) in [6.07, 6.45) is 0.747. The Morgan fingerprint density at radius 1 is 1.25 bits per heavy atom. The predicted molar refractivity (Wildman–Crippen MR) is 105 cm³/mol. The van der Waals surface area contributed by atoms with Gasteiger partial charge >= 0.3 is 6.18 Å². The first-order valence-corrected chi connectivity index (χ1v) is 9.80. The Morgan fingerprint density at radius 2 is 2.06 bits per heavy atom. The van der Waals surface area contributed by atoms with Gasteiger partial charge in [0.1, 0.15) is 12.1 Å². The quantitative estimate of drug-likeness (QED) is 0.572. The van der Waals surface area contributed by atoms with Gasteiger partial charge in [0.15, 0.2) is 11.6 Å². The summed E-state index contributed by atoms with van der Waals surface area (Å²) in [6.45, 7) is 0.892. The number of carbonyl (C=O) groups is 1. The van der Waals surface area contributed by atoms with E-state index in [1.54, 1.807) is 6.20 Å². The molecule has 1 atom stereocenters. The van der Waals surface area contributed by atoms with Crippen molar-refractivity contribution in [2.75, 3.05) is 11.9 Å². The number of aromatic nitrogens is 3. The van der Waals surface area contributed by atoms with Crippen LogP contribution in [-0.4, -0.2) is 27.0 Å². The van der Waals surface area contributed by atoms with E-state index in [0.717, 1.165) is 43.3 Å². The van der Waals surface area contributed by atoms with E-state index in [9.17, 15) is 26.7 Å². The van der Waals surface area contributed by atoms with E-state index in [1.165, 1.54) is 17.1 Å². The number of benzene rings is 1. The largest absolute Gasteiger partial charge is 0.419 e. The molecular weight excluding hydrogens is 433 g/mol. The highest BCUT2D eigenvalue weighted by Crippen LogP contribution is 2.32. The van der Waals surface area contributed by atoms with E-state index in [1.807, 2.05) is 0 Å². The number of amides is 1. The van der Waals surface area contributed by atoms with Gasteiger partial charge in [0.2, 0.25) is 5.91 Å². The van der Waals surface area contributed by atoms with Crippen LogP contribution in [0.15, 0.2) is 43.0 Å². The molecule has 1 aliphatic heterocycles. The van der Waals surface area contributed by atoms with E-state index in [0.29, 0.717) is 6.07 Å². The third kappa shape index (κ3) is 4.62. The Labute approximate surface area is 179 Å². The summed E-state index contributed by atoms with van der Waals surface area (Å²) in [5.74, 6) is -3.09. The van der Waals surface area contributed by atoms with Crippen LogP contribution in [0.2, 0.25) is 0 Å². The van der Waals surface area contributed by atoms with Crippen molar-refractivity contribution in [1.82, 2.24) is 19.9 Å². The van der Waals surface area contributed by atoms with Crippen LogP contribution < -0.4 is 10.6 Å². The average Bonchev–Trinajstić information content (AvgIpc) is 3.40. The van der Waals surface area contributed by atoms with Crippen molar-refractivity contribution in [3.05, 3.63) is 71.4 Å². The minimum absolute atomic E-state index is 0.0126. The third-order valence-electron chi connectivity index (χ3n) is 5.11. The zero-order valence-corrected chi connectivity index (χ0v) is 16.6. The molecule has 1 aromatic carbocycles. The Hall–Kier alpha value is -3.34.